The van der Waals surface area contributed by atoms with Gasteiger partial charge in [0.15, 0.2) is 6.29 Å². The molecule has 1 fully saturated rings. The van der Waals surface area contributed by atoms with Crippen molar-refractivity contribution in [1.29, 1.82) is 0 Å². The standard InChI is InChI=1S/C64H124N4O8/c1-4-7-10-13-16-19-22-24-25-26-27-28-29-30-31-32-33-34-36-39-42-45-48-51-59(70)65-56(60(71)57(69)50-47-44-41-38-35-23-20-17-14-11-8-5-2)54-75-64-63(74)62(73)61(72)58(76-64)53-68-52-55(66-67-68)49-46-43-40-37-21-18-15-12-9-6-3/h52,56-58,60-64,69,71-74H,4-51,53-54H2,1-3H3,(H,65,70)/t56-,57+,58+,60-,61-,62-,63+,64-/m0/s1. The number of aromatic nitrogens is 3. The molecular formula is C64H124N4O8. The maximum absolute atomic E-state index is 13.4. The Kier molecular flexibility index (Phi) is 46.6. The number of hydrogen-bond donors (Lipinski definition) is 6. The van der Waals surface area contributed by atoms with Gasteiger partial charge < -0.3 is 40.3 Å². The molecule has 76 heavy (non-hydrogen) atoms. The Bertz CT molecular complexity index is 1400. The minimum absolute atomic E-state index is 0.0793. The van der Waals surface area contributed by atoms with Crippen LogP contribution in [0.1, 0.15) is 328 Å². The zero-order valence-corrected chi connectivity index (χ0v) is 49.9. The first-order valence-corrected chi connectivity index (χ1v) is 33.1. The lowest BCUT2D eigenvalue weighted by atomic mass is 9.98. The van der Waals surface area contributed by atoms with Crippen LogP contribution in [0.3, 0.4) is 0 Å². The number of unbranched alkanes of at least 4 members (excludes halogenated alkanes) is 42. The molecule has 1 aromatic heterocycles. The quantitative estimate of drug-likeness (QED) is 0.0344. The summed E-state index contributed by atoms with van der Waals surface area (Å²) in [5.74, 6) is -0.230. The lowest BCUT2D eigenvalue weighted by Crippen LogP contribution is -2.60. The second kappa shape index (κ2) is 50.3. The number of nitrogens with one attached hydrogen (secondary N) is 1. The highest BCUT2D eigenvalue weighted by Crippen LogP contribution is 2.25. The van der Waals surface area contributed by atoms with Gasteiger partial charge in [-0.3, -0.25) is 4.79 Å². The van der Waals surface area contributed by atoms with E-state index in [-0.39, 0.29) is 19.1 Å². The third-order valence-electron chi connectivity index (χ3n) is 16.4. The Morgan fingerprint density at radius 1 is 0.526 bits per heavy atom. The van der Waals surface area contributed by atoms with Gasteiger partial charge >= 0.3 is 0 Å². The maximum Gasteiger partial charge on any atom is 0.220 e. The minimum atomic E-state index is -1.58. The fourth-order valence-corrected chi connectivity index (χ4v) is 11.1. The smallest absolute Gasteiger partial charge is 0.220 e. The highest BCUT2D eigenvalue weighted by molar-refractivity contribution is 5.76. The summed E-state index contributed by atoms with van der Waals surface area (Å²) < 4.78 is 13.7. The van der Waals surface area contributed by atoms with E-state index >= 15 is 0 Å². The Balaban J connectivity index is 1.76. The van der Waals surface area contributed by atoms with Gasteiger partial charge in [-0.25, -0.2) is 4.68 Å². The maximum atomic E-state index is 13.4. The number of ether oxygens (including phenoxy) is 2. The van der Waals surface area contributed by atoms with Gasteiger partial charge in [-0.1, -0.05) is 302 Å². The van der Waals surface area contributed by atoms with Gasteiger partial charge in [0.05, 0.1) is 31.0 Å². The first-order chi connectivity index (χ1) is 37.2. The van der Waals surface area contributed by atoms with Crippen LogP contribution in [0.2, 0.25) is 0 Å². The number of aryl methyl sites for hydroxylation is 1. The molecule has 1 aromatic rings. The molecule has 0 bridgehead atoms. The second-order valence-electron chi connectivity index (χ2n) is 23.6. The van der Waals surface area contributed by atoms with Crippen LogP contribution in [-0.4, -0.2) is 102 Å². The monoisotopic (exact) mass is 1080 g/mol. The third kappa shape index (κ3) is 37.3. The van der Waals surface area contributed by atoms with Crippen molar-refractivity contribution in [3.8, 4) is 0 Å². The molecular weight excluding hydrogens is 953 g/mol. The van der Waals surface area contributed by atoms with Crippen molar-refractivity contribution in [1.82, 2.24) is 20.3 Å². The molecule has 2 heterocycles. The van der Waals surface area contributed by atoms with Crippen LogP contribution >= 0.6 is 0 Å². The summed E-state index contributed by atoms with van der Waals surface area (Å²) >= 11 is 0. The Hall–Kier alpha value is -1.67. The van der Waals surface area contributed by atoms with E-state index in [1.165, 1.54) is 238 Å². The average Bonchev–Trinajstić information content (AvgIpc) is 3.87. The SMILES string of the molecule is CCCCCCCCCCCCCCCCCCCCCCCCCC(=O)N[C@@H](CO[C@H]1O[C@H](Cn2cc(CCCCCCCCCCCC)nn2)[C@H](O)[C@H](O)[C@H]1O)[C@H](O)[C@H](O)CCCCCCCCCCCCCC. The minimum Gasteiger partial charge on any atom is -0.390 e. The van der Waals surface area contributed by atoms with Crippen LogP contribution < -0.4 is 5.32 Å². The normalized spacial score (nSPS) is 19.1. The number of hydrogen-bond acceptors (Lipinski definition) is 10. The fourth-order valence-electron chi connectivity index (χ4n) is 11.1. The predicted molar refractivity (Wildman–Crippen MR) is 314 cm³/mol. The van der Waals surface area contributed by atoms with E-state index in [0.717, 1.165) is 63.5 Å². The summed E-state index contributed by atoms with van der Waals surface area (Å²) in [5, 5.41) is 67.1. The number of carbonyl (C=O) groups excluding carboxylic acids is 1. The number of rotatable bonds is 56. The van der Waals surface area contributed by atoms with Crippen molar-refractivity contribution >= 4 is 5.91 Å². The van der Waals surface area contributed by atoms with E-state index in [1.54, 1.807) is 4.68 Å². The van der Waals surface area contributed by atoms with Crippen LogP contribution in [0.25, 0.3) is 0 Å². The Morgan fingerprint density at radius 3 is 1.30 bits per heavy atom. The van der Waals surface area contributed by atoms with Crippen LogP contribution in [0.5, 0.6) is 0 Å². The van der Waals surface area contributed by atoms with Crippen molar-refractivity contribution in [2.24, 2.45) is 0 Å². The fraction of sp³-hybridized carbons (Fsp3) is 0.953. The molecule has 1 aliphatic heterocycles. The summed E-state index contributed by atoms with van der Waals surface area (Å²) in [7, 11) is 0. The van der Waals surface area contributed by atoms with Gasteiger partial charge in [-0.05, 0) is 25.7 Å². The molecule has 0 aromatic carbocycles. The largest absolute Gasteiger partial charge is 0.390 e. The zero-order chi connectivity index (χ0) is 54.9. The molecule has 6 N–H and O–H groups in total. The number of amides is 1. The van der Waals surface area contributed by atoms with Crippen molar-refractivity contribution in [3.05, 3.63) is 11.9 Å². The number of aliphatic hydroxyl groups is 5. The molecule has 0 unspecified atom stereocenters. The molecule has 1 saturated heterocycles. The zero-order valence-electron chi connectivity index (χ0n) is 49.9. The molecule has 0 radical (unpaired) electrons. The number of aliphatic hydroxyl groups excluding tert-OH is 5. The van der Waals surface area contributed by atoms with E-state index in [9.17, 15) is 30.3 Å². The van der Waals surface area contributed by atoms with Crippen LogP contribution in [0.4, 0.5) is 0 Å². The molecule has 12 heteroatoms. The van der Waals surface area contributed by atoms with E-state index in [4.69, 9.17) is 9.47 Å². The van der Waals surface area contributed by atoms with Gasteiger partial charge in [0.25, 0.3) is 0 Å². The number of carbonyl (C=O) groups is 1. The summed E-state index contributed by atoms with van der Waals surface area (Å²) in [5.41, 5.74) is 0.851. The van der Waals surface area contributed by atoms with Gasteiger partial charge in [0.1, 0.15) is 30.5 Å². The highest BCUT2D eigenvalue weighted by Gasteiger charge is 2.45. The first-order valence-electron chi connectivity index (χ1n) is 33.1. The molecule has 0 aliphatic carbocycles. The molecule has 448 valence electrons. The van der Waals surface area contributed by atoms with Crippen molar-refractivity contribution in [2.45, 2.75) is 384 Å². The Labute approximate surface area is 467 Å². The van der Waals surface area contributed by atoms with Gasteiger partial charge in [0.2, 0.25) is 5.91 Å². The van der Waals surface area contributed by atoms with Crippen molar-refractivity contribution in [3.63, 3.8) is 0 Å². The summed E-state index contributed by atoms with van der Waals surface area (Å²) in [6.45, 7) is 6.59. The molecule has 2 rings (SSSR count). The second-order valence-corrected chi connectivity index (χ2v) is 23.6. The predicted octanol–water partition coefficient (Wildman–Crippen LogP) is 15.2. The van der Waals surface area contributed by atoms with Crippen molar-refractivity contribution < 1.29 is 39.8 Å². The highest BCUT2D eigenvalue weighted by atomic mass is 16.7. The van der Waals surface area contributed by atoms with Gasteiger partial charge in [0, 0.05) is 12.6 Å². The van der Waals surface area contributed by atoms with Crippen LogP contribution in [0.15, 0.2) is 6.20 Å². The summed E-state index contributed by atoms with van der Waals surface area (Å²) in [4.78, 5) is 13.4. The van der Waals surface area contributed by atoms with E-state index < -0.39 is 49.0 Å². The molecule has 0 spiro atoms. The first kappa shape index (κ1) is 70.4. The number of nitrogens with zero attached hydrogens (tertiary/aromatic N) is 3. The Morgan fingerprint density at radius 2 is 0.895 bits per heavy atom. The topological polar surface area (TPSA) is 179 Å². The average molecular weight is 1080 g/mol. The van der Waals surface area contributed by atoms with Crippen LogP contribution in [0, 0.1) is 0 Å². The van der Waals surface area contributed by atoms with E-state index in [2.05, 4.69) is 36.4 Å². The molecule has 8 atom stereocenters. The molecule has 1 aliphatic rings. The molecule has 12 nitrogen and oxygen atoms in total. The molecule has 0 saturated carbocycles. The lowest BCUT2D eigenvalue weighted by molar-refractivity contribution is -0.301. The lowest BCUT2D eigenvalue weighted by Gasteiger charge is -2.40. The van der Waals surface area contributed by atoms with E-state index in [0.29, 0.717) is 12.8 Å². The summed E-state index contributed by atoms with van der Waals surface area (Å²) in [6.07, 6.45) is 51.1. The van der Waals surface area contributed by atoms with Gasteiger partial charge in [-0.15, -0.1) is 5.10 Å². The van der Waals surface area contributed by atoms with Gasteiger partial charge in [-0.2, -0.15) is 0 Å². The summed E-state index contributed by atoms with van der Waals surface area (Å²) in [6, 6.07) is -0.980. The van der Waals surface area contributed by atoms with Crippen molar-refractivity contribution in [2.75, 3.05) is 6.61 Å². The third-order valence-corrected chi connectivity index (χ3v) is 16.4. The van der Waals surface area contributed by atoms with Crippen LogP contribution in [-0.2, 0) is 27.2 Å². The molecule has 1 amide bonds. The van der Waals surface area contributed by atoms with E-state index in [1.807, 2.05) is 6.20 Å².